The average molecular weight is 346 g/mol. The van der Waals surface area contributed by atoms with Gasteiger partial charge in [-0.25, -0.2) is 4.98 Å². The van der Waals surface area contributed by atoms with Crippen molar-refractivity contribution in [1.82, 2.24) is 4.98 Å². The highest BCUT2D eigenvalue weighted by Crippen LogP contribution is 2.34. The Kier molecular flexibility index (Phi) is 4.36. The molecule has 0 aliphatic carbocycles. The average Bonchev–Trinajstić information content (AvgIpc) is 2.45. The maximum Gasteiger partial charge on any atom is 0.294 e. The van der Waals surface area contributed by atoms with Gasteiger partial charge in [0.2, 0.25) is 0 Å². The van der Waals surface area contributed by atoms with Gasteiger partial charge in [0.25, 0.3) is 10.1 Å². The van der Waals surface area contributed by atoms with E-state index in [0.29, 0.717) is 24.6 Å². The molecule has 0 saturated carbocycles. The van der Waals surface area contributed by atoms with Crippen LogP contribution in [-0.2, 0) is 10.1 Å². The quantitative estimate of drug-likeness (QED) is 0.860. The fourth-order valence-corrected chi connectivity index (χ4v) is 3.77. The van der Waals surface area contributed by atoms with Gasteiger partial charge in [0.15, 0.2) is 0 Å². The minimum atomic E-state index is -4.20. The third kappa shape index (κ3) is 3.30. The summed E-state index contributed by atoms with van der Waals surface area (Å²) in [5, 5.41) is 0. The van der Waals surface area contributed by atoms with Crippen LogP contribution in [-0.4, -0.2) is 31.0 Å². The normalized spacial score (nSPS) is 15.6. The van der Waals surface area contributed by atoms with Crippen LogP contribution in [0.25, 0.3) is 0 Å². The number of benzene rings is 1. The molecule has 0 atom stereocenters. The Morgan fingerprint density at radius 2 is 1.92 bits per heavy atom. The molecule has 0 spiro atoms. The number of rotatable bonds is 4. The smallest absolute Gasteiger partial charge is 0.294 e. The molecular weight excluding hydrogens is 324 g/mol. The lowest BCUT2D eigenvalue weighted by atomic mass is 9.90. The minimum Gasteiger partial charge on any atom is -0.355 e. The van der Waals surface area contributed by atoms with Crippen LogP contribution in [0.5, 0.6) is 0 Å². The highest BCUT2D eigenvalue weighted by atomic mass is 32.2. The topological polar surface area (TPSA) is 70.5 Å². The lowest BCUT2D eigenvalue weighted by Gasteiger charge is -2.41. The summed E-state index contributed by atoms with van der Waals surface area (Å²) in [7, 11) is -4.20. The Morgan fingerprint density at radius 1 is 1.21 bits per heavy atom. The second kappa shape index (κ2) is 6.18. The molecule has 0 unspecified atom stereocenters. The van der Waals surface area contributed by atoms with E-state index in [2.05, 4.69) is 29.8 Å². The zero-order valence-corrected chi connectivity index (χ0v) is 14.9. The summed E-state index contributed by atoms with van der Waals surface area (Å²) >= 11 is 0. The van der Waals surface area contributed by atoms with E-state index in [4.69, 9.17) is 0 Å². The first-order valence-corrected chi connectivity index (χ1v) is 9.48. The summed E-state index contributed by atoms with van der Waals surface area (Å²) in [6, 6.07) is 9.12. The van der Waals surface area contributed by atoms with Gasteiger partial charge < -0.3 is 4.90 Å². The van der Waals surface area contributed by atoms with Crippen molar-refractivity contribution < 1.29 is 13.0 Å². The summed E-state index contributed by atoms with van der Waals surface area (Å²) in [5.74, 6) is 1.42. The van der Waals surface area contributed by atoms with Gasteiger partial charge >= 0.3 is 0 Å². The Hall–Kier alpha value is -1.92. The minimum absolute atomic E-state index is 0.0147. The maximum atomic E-state index is 11.6. The number of aromatic nitrogens is 1. The lowest BCUT2D eigenvalue weighted by Crippen LogP contribution is -2.46. The van der Waals surface area contributed by atoms with Crippen molar-refractivity contribution in [3.05, 3.63) is 53.2 Å². The Labute approximate surface area is 143 Å². The van der Waals surface area contributed by atoms with Crippen molar-refractivity contribution in [2.45, 2.75) is 37.5 Å². The predicted octanol–water partition coefficient (Wildman–Crippen LogP) is 3.36. The molecule has 6 heteroatoms. The first-order valence-electron chi connectivity index (χ1n) is 8.04. The molecule has 0 radical (unpaired) electrons. The third-order valence-electron chi connectivity index (χ3n) is 4.53. The van der Waals surface area contributed by atoms with Gasteiger partial charge in [-0.05, 0) is 36.1 Å². The van der Waals surface area contributed by atoms with Crippen molar-refractivity contribution in [3.63, 3.8) is 0 Å². The van der Waals surface area contributed by atoms with Crippen LogP contribution in [0, 0.1) is 6.92 Å². The molecule has 2 heterocycles. The molecule has 1 fully saturated rings. The van der Waals surface area contributed by atoms with E-state index in [9.17, 15) is 13.0 Å². The Bertz CT molecular complexity index is 839. The van der Waals surface area contributed by atoms with E-state index < -0.39 is 10.1 Å². The zero-order valence-electron chi connectivity index (χ0n) is 14.1. The maximum absolute atomic E-state index is 11.6. The molecule has 24 heavy (non-hydrogen) atoms. The molecule has 5 nitrogen and oxygen atoms in total. The fourth-order valence-electron chi connectivity index (χ4n) is 3.01. The molecule has 0 amide bonds. The van der Waals surface area contributed by atoms with Gasteiger partial charge in [-0.15, -0.1) is 0 Å². The van der Waals surface area contributed by atoms with Gasteiger partial charge in [0.1, 0.15) is 5.82 Å². The molecule has 128 valence electrons. The predicted molar refractivity (Wildman–Crippen MR) is 94.3 cm³/mol. The summed E-state index contributed by atoms with van der Waals surface area (Å²) in [6.45, 7) is 7.57. The fraction of sp³-hybridized carbons (Fsp3) is 0.389. The number of anilines is 1. The lowest BCUT2D eigenvalue weighted by molar-refractivity contribution is 0.473. The SMILES string of the molecule is Cc1ccc(S(=O)(=O)O)c(C2CN(c3ccc(C(C)C)cn3)C2)c1. The van der Waals surface area contributed by atoms with Crippen LogP contribution in [0.4, 0.5) is 5.82 Å². The van der Waals surface area contributed by atoms with Crippen molar-refractivity contribution in [2.24, 2.45) is 0 Å². The van der Waals surface area contributed by atoms with Crippen molar-refractivity contribution in [1.29, 1.82) is 0 Å². The van der Waals surface area contributed by atoms with E-state index in [1.165, 1.54) is 11.6 Å². The Morgan fingerprint density at radius 3 is 2.46 bits per heavy atom. The Balaban J connectivity index is 1.78. The van der Waals surface area contributed by atoms with Gasteiger partial charge in [0.05, 0.1) is 4.90 Å². The molecule has 0 bridgehead atoms. The van der Waals surface area contributed by atoms with Crippen molar-refractivity contribution in [3.8, 4) is 0 Å². The molecule has 3 rings (SSSR count). The largest absolute Gasteiger partial charge is 0.355 e. The standard InChI is InChI=1S/C18H22N2O3S/c1-12(2)14-5-7-18(19-9-14)20-10-15(11-20)16-8-13(3)4-6-17(16)24(21,22)23/h4-9,12,15H,10-11H2,1-3H3,(H,21,22,23). The van der Waals surface area contributed by atoms with E-state index in [-0.39, 0.29) is 10.8 Å². The second-order valence-corrected chi connectivity index (χ2v) is 8.11. The zero-order chi connectivity index (χ0) is 17.5. The first kappa shape index (κ1) is 16.9. The molecule has 1 aliphatic rings. The second-order valence-electron chi connectivity index (χ2n) is 6.72. The van der Waals surface area contributed by atoms with Crippen molar-refractivity contribution in [2.75, 3.05) is 18.0 Å². The highest BCUT2D eigenvalue weighted by Gasteiger charge is 2.33. The van der Waals surface area contributed by atoms with Crippen LogP contribution in [0.1, 0.15) is 42.4 Å². The third-order valence-corrected chi connectivity index (χ3v) is 5.45. The van der Waals surface area contributed by atoms with Crippen molar-refractivity contribution >= 4 is 15.9 Å². The molecule has 1 saturated heterocycles. The molecular formula is C18H22N2O3S. The number of nitrogens with zero attached hydrogens (tertiary/aromatic N) is 2. The van der Waals surface area contributed by atoms with E-state index in [1.54, 1.807) is 6.07 Å². The summed E-state index contributed by atoms with van der Waals surface area (Å²) in [6.07, 6.45) is 1.89. The van der Waals surface area contributed by atoms with Crippen LogP contribution in [0.15, 0.2) is 41.4 Å². The van der Waals surface area contributed by atoms with Gasteiger partial charge in [-0.2, -0.15) is 8.42 Å². The monoisotopic (exact) mass is 346 g/mol. The summed E-state index contributed by atoms with van der Waals surface area (Å²) in [5.41, 5.74) is 2.87. The van der Waals surface area contributed by atoms with E-state index >= 15 is 0 Å². The number of hydrogen-bond acceptors (Lipinski definition) is 4. The van der Waals surface area contributed by atoms with Gasteiger partial charge in [-0.1, -0.05) is 37.6 Å². The first-order chi connectivity index (χ1) is 11.3. The van der Waals surface area contributed by atoms with Gasteiger partial charge in [0, 0.05) is 25.2 Å². The number of pyridine rings is 1. The molecule has 1 aromatic carbocycles. The molecule has 2 aromatic rings. The highest BCUT2D eigenvalue weighted by molar-refractivity contribution is 7.85. The van der Waals surface area contributed by atoms with Crippen LogP contribution in [0.2, 0.25) is 0 Å². The van der Waals surface area contributed by atoms with E-state index in [1.807, 2.05) is 25.3 Å². The van der Waals surface area contributed by atoms with E-state index in [0.717, 1.165) is 11.4 Å². The molecule has 1 aliphatic heterocycles. The summed E-state index contributed by atoms with van der Waals surface area (Å²) in [4.78, 5) is 6.63. The van der Waals surface area contributed by atoms with Crippen LogP contribution in [0.3, 0.4) is 0 Å². The van der Waals surface area contributed by atoms with Gasteiger partial charge in [-0.3, -0.25) is 4.55 Å². The molecule has 1 N–H and O–H groups in total. The number of aryl methyl sites for hydroxylation is 1. The van der Waals surface area contributed by atoms with Crippen LogP contribution >= 0.6 is 0 Å². The molecule has 1 aromatic heterocycles. The van der Waals surface area contributed by atoms with Crippen LogP contribution < -0.4 is 4.90 Å². The number of hydrogen-bond donors (Lipinski definition) is 1. The summed E-state index contributed by atoms with van der Waals surface area (Å²) < 4.78 is 32.6.